The second kappa shape index (κ2) is 6.44. The molecule has 5 heteroatoms. The summed E-state index contributed by atoms with van der Waals surface area (Å²) in [5.74, 6) is 1.60. The summed E-state index contributed by atoms with van der Waals surface area (Å²) in [5, 5.41) is 8.78. The van der Waals surface area contributed by atoms with Gasteiger partial charge in [-0.2, -0.15) is 5.26 Å². The number of hydrogen-bond acceptors (Lipinski definition) is 5. The van der Waals surface area contributed by atoms with Crippen LogP contribution in [0, 0.1) is 11.3 Å². The first kappa shape index (κ1) is 15.8. The van der Waals surface area contributed by atoms with Crippen LogP contribution in [0.2, 0.25) is 0 Å². The average molecular weight is 296 g/mol. The van der Waals surface area contributed by atoms with Gasteiger partial charge in [0.15, 0.2) is 0 Å². The molecule has 0 aliphatic carbocycles. The fraction of sp³-hybridized carbons (Fsp3) is 0.353. The lowest BCUT2D eigenvalue weighted by atomic mass is 9.87. The Kier molecular flexibility index (Phi) is 4.62. The highest BCUT2D eigenvalue weighted by atomic mass is 16.5. The topological polar surface area (TPSA) is 84.8 Å². The summed E-state index contributed by atoms with van der Waals surface area (Å²) in [7, 11) is 0. The number of aromatic nitrogens is 2. The highest BCUT2D eigenvalue weighted by Crippen LogP contribution is 2.24. The van der Waals surface area contributed by atoms with Crippen molar-refractivity contribution in [2.24, 2.45) is 0 Å². The van der Waals surface area contributed by atoms with Gasteiger partial charge in [-0.1, -0.05) is 32.9 Å². The molecule has 0 atom stereocenters. The molecule has 0 aliphatic rings. The molecule has 114 valence electrons. The van der Waals surface area contributed by atoms with Crippen molar-refractivity contribution in [1.82, 2.24) is 9.97 Å². The number of anilines is 1. The van der Waals surface area contributed by atoms with E-state index in [2.05, 4.69) is 42.9 Å². The quantitative estimate of drug-likeness (QED) is 0.937. The first-order chi connectivity index (χ1) is 10.4. The van der Waals surface area contributed by atoms with Gasteiger partial charge >= 0.3 is 0 Å². The molecule has 0 radical (unpaired) electrons. The van der Waals surface area contributed by atoms with Gasteiger partial charge in [-0.15, -0.1) is 0 Å². The van der Waals surface area contributed by atoms with Crippen LogP contribution < -0.4 is 10.5 Å². The van der Waals surface area contributed by atoms with Gasteiger partial charge in [0.05, 0.1) is 12.8 Å². The Balaban J connectivity index is 1.91. The molecule has 0 saturated carbocycles. The summed E-state index contributed by atoms with van der Waals surface area (Å²) in [6.45, 7) is 6.99. The fourth-order valence-electron chi connectivity index (χ4n) is 1.95. The van der Waals surface area contributed by atoms with Gasteiger partial charge in [-0.05, 0) is 23.1 Å². The molecule has 0 spiro atoms. The molecule has 0 bridgehead atoms. The van der Waals surface area contributed by atoms with Crippen LogP contribution in [0.5, 0.6) is 5.75 Å². The predicted molar refractivity (Wildman–Crippen MR) is 85.5 cm³/mol. The van der Waals surface area contributed by atoms with E-state index in [4.69, 9.17) is 15.7 Å². The Morgan fingerprint density at radius 2 is 1.91 bits per heavy atom. The van der Waals surface area contributed by atoms with Crippen molar-refractivity contribution in [3.8, 4) is 11.8 Å². The Hall–Kier alpha value is -2.61. The summed E-state index contributed by atoms with van der Waals surface area (Å²) in [6, 6.07) is 10.0. The normalized spacial score (nSPS) is 11.0. The highest BCUT2D eigenvalue weighted by Gasteiger charge is 2.13. The molecule has 2 rings (SSSR count). The molecular formula is C17H20N4O. The number of benzene rings is 1. The van der Waals surface area contributed by atoms with Crippen LogP contribution in [0.4, 0.5) is 5.82 Å². The molecule has 1 heterocycles. The van der Waals surface area contributed by atoms with E-state index >= 15 is 0 Å². The number of nitrogens with two attached hydrogens (primary N) is 1. The monoisotopic (exact) mass is 296 g/mol. The summed E-state index contributed by atoms with van der Waals surface area (Å²) in [4.78, 5) is 8.18. The Morgan fingerprint density at radius 1 is 1.23 bits per heavy atom. The van der Waals surface area contributed by atoms with Crippen molar-refractivity contribution >= 4 is 5.82 Å². The van der Waals surface area contributed by atoms with Crippen LogP contribution in [0.25, 0.3) is 0 Å². The van der Waals surface area contributed by atoms with E-state index in [0.29, 0.717) is 24.4 Å². The van der Waals surface area contributed by atoms with Gasteiger partial charge in [0.1, 0.15) is 29.0 Å². The lowest BCUT2D eigenvalue weighted by molar-refractivity contribution is 0.318. The van der Waals surface area contributed by atoms with Crippen LogP contribution >= 0.6 is 0 Å². The van der Waals surface area contributed by atoms with Crippen LogP contribution in [-0.4, -0.2) is 16.6 Å². The molecule has 0 unspecified atom stereocenters. The SMILES string of the molecule is CC(C)(C)c1ccc(OCCc2ncc(C#N)c(N)n2)cc1. The molecule has 1 aromatic carbocycles. The maximum atomic E-state index is 8.78. The van der Waals surface area contributed by atoms with Crippen molar-refractivity contribution in [3.63, 3.8) is 0 Å². The maximum absolute atomic E-state index is 8.78. The molecule has 0 aliphatic heterocycles. The molecule has 0 amide bonds. The maximum Gasteiger partial charge on any atom is 0.145 e. The molecule has 5 nitrogen and oxygen atoms in total. The third-order valence-corrected chi connectivity index (χ3v) is 3.30. The minimum absolute atomic E-state index is 0.131. The predicted octanol–water partition coefficient (Wildman–Crippen LogP) is 2.85. The lowest BCUT2D eigenvalue weighted by Gasteiger charge is -2.19. The zero-order chi connectivity index (χ0) is 16.2. The summed E-state index contributed by atoms with van der Waals surface area (Å²) in [5.41, 5.74) is 7.35. The van der Waals surface area contributed by atoms with E-state index in [0.717, 1.165) is 5.75 Å². The Labute approximate surface area is 130 Å². The van der Waals surface area contributed by atoms with Crippen molar-refractivity contribution in [3.05, 3.63) is 47.4 Å². The number of nitrogen functional groups attached to an aromatic ring is 1. The lowest BCUT2D eigenvalue weighted by Crippen LogP contribution is -2.11. The van der Waals surface area contributed by atoms with E-state index in [1.165, 1.54) is 11.8 Å². The van der Waals surface area contributed by atoms with Crippen LogP contribution in [0.15, 0.2) is 30.5 Å². The second-order valence-electron chi connectivity index (χ2n) is 6.07. The van der Waals surface area contributed by atoms with Gasteiger partial charge in [0.2, 0.25) is 0 Å². The van der Waals surface area contributed by atoms with E-state index in [1.54, 1.807) is 0 Å². The van der Waals surface area contributed by atoms with Crippen molar-refractivity contribution in [2.45, 2.75) is 32.6 Å². The standard InChI is InChI=1S/C17H20N4O/c1-17(2,3)13-4-6-14(7-5-13)22-9-8-15-20-11-12(10-18)16(19)21-15/h4-7,11H,8-9H2,1-3H3,(H2,19,20,21). The zero-order valence-electron chi connectivity index (χ0n) is 13.1. The number of hydrogen-bond donors (Lipinski definition) is 1. The Morgan fingerprint density at radius 3 is 2.45 bits per heavy atom. The average Bonchev–Trinajstić information content (AvgIpc) is 2.47. The molecular weight excluding hydrogens is 276 g/mol. The fourth-order valence-corrected chi connectivity index (χ4v) is 1.95. The molecule has 0 fully saturated rings. The third kappa shape index (κ3) is 3.95. The number of nitriles is 1. The first-order valence-electron chi connectivity index (χ1n) is 7.15. The minimum Gasteiger partial charge on any atom is -0.493 e. The second-order valence-corrected chi connectivity index (χ2v) is 6.07. The molecule has 2 N–H and O–H groups in total. The van der Waals surface area contributed by atoms with Crippen molar-refractivity contribution < 1.29 is 4.74 Å². The molecule has 1 aromatic heterocycles. The number of rotatable bonds is 4. The summed E-state index contributed by atoms with van der Waals surface area (Å²) < 4.78 is 5.69. The third-order valence-electron chi connectivity index (χ3n) is 3.30. The molecule has 0 saturated heterocycles. The van der Waals surface area contributed by atoms with Crippen molar-refractivity contribution in [2.75, 3.05) is 12.3 Å². The van der Waals surface area contributed by atoms with Gasteiger partial charge in [0, 0.05) is 6.42 Å². The highest BCUT2D eigenvalue weighted by molar-refractivity contribution is 5.46. The minimum atomic E-state index is 0.131. The van der Waals surface area contributed by atoms with Gasteiger partial charge in [0.25, 0.3) is 0 Å². The van der Waals surface area contributed by atoms with Gasteiger partial charge in [-0.25, -0.2) is 9.97 Å². The molecule has 2 aromatic rings. The first-order valence-corrected chi connectivity index (χ1v) is 7.15. The van der Waals surface area contributed by atoms with E-state index in [-0.39, 0.29) is 11.2 Å². The van der Waals surface area contributed by atoms with Crippen LogP contribution in [0.1, 0.15) is 37.7 Å². The smallest absolute Gasteiger partial charge is 0.145 e. The van der Waals surface area contributed by atoms with E-state index < -0.39 is 0 Å². The van der Waals surface area contributed by atoms with Crippen LogP contribution in [-0.2, 0) is 11.8 Å². The van der Waals surface area contributed by atoms with Gasteiger partial charge in [-0.3, -0.25) is 0 Å². The van der Waals surface area contributed by atoms with E-state index in [9.17, 15) is 0 Å². The zero-order valence-corrected chi connectivity index (χ0v) is 13.1. The largest absolute Gasteiger partial charge is 0.493 e. The number of nitrogens with zero attached hydrogens (tertiary/aromatic N) is 3. The summed E-state index contributed by atoms with van der Waals surface area (Å²) in [6.07, 6.45) is 1.98. The van der Waals surface area contributed by atoms with Crippen LogP contribution in [0.3, 0.4) is 0 Å². The van der Waals surface area contributed by atoms with E-state index in [1.807, 2.05) is 18.2 Å². The number of ether oxygens (including phenoxy) is 1. The Bertz CT molecular complexity index is 681. The molecule has 22 heavy (non-hydrogen) atoms. The van der Waals surface area contributed by atoms with Gasteiger partial charge < -0.3 is 10.5 Å². The summed E-state index contributed by atoms with van der Waals surface area (Å²) >= 11 is 0. The van der Waals surface area contributed by atoms with Crippen molar-refractivity contribution in [1.29, 1.82) is 5.26 Å².